The molecule has 5 rings (SSSR count). The average Bonchev–Trinajstić information content (AvgIpc) is 3.37. The van der Waals surface area contributed by atoms with Gasteiger partial charge in [-0.1, -0.05) is 24.3 Å². The summed E-state index contributed by atoms with van der Waals surface area (Å²) in [6.45, 7) is 0. The number of rotatable bonds is 5. The molecule has 7 nitrogen and oxygen atoms in total. The number of ether oxygens (including phenoxy) is 1. The van der Waals surface area contributed by atoms with Crippen LogP contribution in [0.1, 0.15) is 32.7 Å². The van der Waals surface area contributed by atoms with Gasteiger partial charge >= 0.3 is 5.97 Å². The van der Waals surface area contributed by atoms with E-state index in [2.05, 4.69) is 15.5 Å². The van der Waals surface area contributed by atoms with Crippen molar-refractivity contribution in [2.75, 3.05) is 12.4 Å². The molecule has 0 bridgehead atoms. The third kappa shape index (κ3) is 3.87. The summed E-state index contributed by atoms with van der Waals surface area (Å²) < 4.78 is 5.29. The maximum Gasteiger partial charge on any atom is 0.335 e. The Morgan fingerprint density at radius 2 is 1.79 bits per heavy atom. The summed E-state index contributed by atoms with van der Waals surface area (Å²) in [7, 11) is 1.60. The molecular weight excluding hydrogens is 418 g/mol. The molecule has 0 spiro atoms. The molecule has 162 valence electrons. The van der Waals surface area contributed by atoms with Crippen LogP contribution in [0, 0.1) is 0 Å². The molecule has 0 fully saturated rings. The number of nitrogens with zero attached hydrogens (tertiary/aromatic N) is 1. The number of benzene rings is 3. The number of amides is 1. The van der Waals surface area contributed by atoms with Gasteiger partial charge in [0.05, 0.1) is 23.9 Å². The van der Waals surface area contributed by atoms with Gasteiger partial charge in [-0.2, -0.15) is 5.10 Å². The first kappa shape index (κ1) is 20.3. The zero-order valence-electron chi connectivity index (χ0n) is 17.6. The number of aromatic nitrogens is 2. The molecule has 0 aliphatic carbocycles. The molecule has 0 saturated heterocycles. The fourth-order valence-electron chi connectivity index (χ4n) is 3.79. The van der Waals surface area contributed by atoms with Gasteiger partial charge in [0.1, 0.15) is 5.75 Å². The number of nitrogens with one attached hydrogen (secondary N) is 2. The van der Waals surface area contributed by atoms with Crippen LogP contribution in [-0.2, 0) is 4.79 Å². The van der Waals surface area contributed by atoms with Gasteiger partial charge in [0.15, 0.2) is 0 Å². The highest BCUT2D eigenvalue weighted by Gasteiger charge is 2.24. The lowest BCUT2D eigenvalue weighted by Gasteiger charge is -2.03. The van der Waals surface area contributed by atoms with Gasteiger partial charge < -0.3 is 15.2 Å². The molecule has 3 aromatic carbocycles. The van der Waals surface area contributed by atoms with E-state index in [1.165, 1.54) is 0 Å². The van der Waals surface area contributed by atoms with Crippen LogP contribution in [-0.4, -0.2) is 34.3 Å². The Hall–Kier alpha value is -4.65. The zero-order chi connectivity index (χ0) is 22.9. The number of H-pyrrole nitrogens is 1. The molecule has 1 aliphatic heterocycles. The van der Waals surface area contributed by atoms with Crippen molar-refractivity contribution in [2.45, 2.75) is 0 Å². The van der Waals surface area contributed by atoms with E-state index in [1.807, 2.05) is 54.6 Å². The highest BCUT2D eigenvalue weighted by Crippen LogP contribution is 2.36. The lowest BCUT2D eigenvalue weighted by atomic mass is 10.0. The van der Waals surface area contributed by atoms with Crippen LogP contribution in [0.15, 0.2) is 60.7 Å². The Morgan fingerprint density at radius 3 is 2.55 bits per heavy atom. The quantitative estimate of drug-likeness (QED) is 0.384. The smallest absolute Gasteiger partial charge is 0.335 e. The summed E-state index contributed by atoms with van der Waals surface area (Å²) in [5, 5.41) is 20.2. The normalized spacial score (nSPS) is 14.1. The first-order valence-electron chi connectivity index (χ1n) is 10.2. The Bertz CT molecular complexity index is 1460. The summed E-state index contributed by atoms with van der Waals surface area (Å²) in [4.78, 5) is 23.5. The first-order chi connectivity index (χ1) is 16.0. The van der Waals surface area contributed by atoms with Crippen molar-refractivity contribution in [2.24, 2.45) is 0 Å². The monoisotopic (exact) mass is 437 g/mol. The Labute approximate surface area is 189 Å². The van der Waals surface area contributed by atoms with Gasteiger partial charge in [-0.15, -0.1) is 0 Å². The van der Waals surface area contributed by atoms with Gasteiger partial charge in [0.25, 0.3) is 5.91 Å². The van der Waals surface area contributed by atoms with Gasteiger partial charge in [-0.25, -0.2) is 4.79 Å². The molecule has 0 atom stereocenters. The van der Waals surface area contributed by atoms with E-state index >= 15 is 0 Å². The average molecular weight is 437 g/mol. The van der Waals surface area contributed by atoms with Crippen molar-refractivity contribution in [1.29, 1.82) is 0 Å². The van der Waals surface area contributed by atoms with Crippen molar-refractivity contribution in [1.82, 2.24) is 10.2 Å². The fraction of sp³-hybridized carbons (Fsp3) is 0.0385. The molecule has 0 radical (unpaired) electrons. The van der Waals surface area contributed by atoms with Crippen LogP contribution >= 0.6 is 0 Å². The molecule has 3 N–H and O–H groups in total. The van der Waals surface area contributed by atoms with Crippen LogP contribution in [0.25, 0.3) is 34.7 Å². The van der Waals surface area contributed by atoms with Crippen molar-refractivity contribution in [3.8, 4) is 5.75 Å². The summed E-state index contributed by atoms with van der Waals surface area (Å²) >= 11 is 0. The number of anilines is 1. The van der Waals surface area contributed by atoms with Crippen molar-refractivity contribution in [3.63, 3.8) is 0 Å². The summed E-state index contributed by atoms with van der Waals surface area (Å²) in [6, 6.07) is 18.0. The first-order valence-corrected chi connectivity index (χ1v) is 10.2. The number of methoxy groups -OCH3 is 1. The third-order valence-electron chi connectivity index (χ3n) is 5.53. The second-order valence-electron chi connectivity index (χ2n) is 7.60. The maximum atomic E-state index is 12.5. The number of carbonyl (C=O) groups is 2. The minimum atomic E-state index is -0.952. The molecule has 0 saturated carbocycles. The number of aromatic carboxylic acids is 1. The predicted octanol–water partition coefficient (Wildman–Crippen LogP) is 4.93. The molecule has 33 heavy (non-hydrogen) atoms. The van der Waals surface area contributed by atoms with E-state index in [1.54, 1.807) is 31.4 Å². The molecular formula is C26H19N3O4. The number of hydrogen-bond acceptors (Lipinski definition) is 4. The highest BCUT2D eigenvalue weighted by molar-refractivity contribution is 6.35. The molecule has 2 heterocycles. The standard InChI is InChI=1S/C26H19N3O4/c1-33-18-8-11-22-20(14-18)21(25(30)27-22)12-16-4-9-19-23(28-29-24(19)13-16)10-5-15-2-6-17(7-3-15)26(31)32/h2-14H,1H3,(H,27,30)(H,28,29)(H,31,32)/b10-5+,21-12+. The molecule has 0 unspecified atom stereocenters. The Morgan fingerprint density at radius 1 is 1.00 bits per heavy atom. The van der Waals surface area contributed by atoms with E-state index in [-0.39, 0.29) is 11.5 Å². The van der Waals surface area contributed by atoms with Crippen molar-refractivity contribution in [3.05, 3.63) is 88.6 Å². The van der Waals surface area contributed by atoms with Crippen LogP contribution in [0.5, 0.6) is 5.75 Å². The molecule has 1 aliphatic rings. The molecule has 4 aromatic rings. The Balaban J connectivity index is 1.43. The summed E-state index contributed by atoms with van der Waals surface area (Å²) in [6.07, 6.45) is 5.60. The second kappa shape index (κ2) is 8.12. The number of hydrogen-bond donors (Lipinski definition) is 3. The largest absolute Gasteiger partial charge is 0.497 e. The van der Waals surface area contributed by atoms with Crippen LogP contribution in [0.2, 0.25) is 0 Å². The lowest BCUT2D eigenvalue weighted by molar-refractivity contribution is -0.110. The highest BCUT2D eigenvalue weighted by atomic mass is 16.5. The van der Waals surface area contributed by atoms with Gasteiger partial charge in [-0.05, 0) is 65.7 Å². The van der Waals surface area contributed by atoms with E-state index < -0.39 is 5.97 Å². The Kier molecular flexibility index (Phi) is 4.99. The molecule has 7 heteroatoms. The van der Waals surface area contributed by atoms with E-state index in [0.717, 1.165) is 39.0 Å². The van der Waals surface area contributed by atoms with E-state index in [0.29, 0.717) is 11.3 Å². The fourth-order valence-corrected chi connectivity index (χ4v) is 3.79. The van der Waals surface area contributed by atoms with Gasteiger partial charge in [-0.3, -0.25) is 9.89 Å². The topological polar surface area (TPSA) is 104 Å². The molecule has 1 aromatic heterocycles. The van der Waals surface area contributed by atoms with E-state index in [4.69, 9.17) is 9.84 Å². The third-order valence-corrected chi connectivity index (χ3v) is 5.53. The lowest BCUT2D eigenvalue weighted by Crippen LogP contribution is -2.03. The second-order valence-corrected chi connectivity index (χ2v) is 7.60. The zero-order valence-corrected chi connectivity index (χ0v) is 17.6. The SMILES string of the molecule is COc1ccc2c(c1)/C(=C\c1ccc3c(/C=C/c4ccc(C(=O)O)cc4)n[nH]c3c1)C(=O)N2. The number of fused-ring (bicyclic) bond motifs is 2. The van der Waals surface area contributed by atoms with Crippen molar-refractivity contribution >= 4 is 52.3 Å². The number of carbonyl (C=O) groups excluding carboxylic acids is 1. The minimum Gasteiger partial charge on any atom is -0.497 e. The summed E-state index contributed by atoms with van der Waals surface area (Å²) in [5.41, 5.74) is 5.74. The summed E-state index contributed by atoms with van der Waals surface area (Å²) in [5.74, 6) is -0.415. The van der Waals surface area contributed by atoms with E-state index in [9.17, 15) is 9.59 Å². The minimum absolute atomic E-state index is 0.152. The van der Waals surface area contributed by atoms with Crippen LogP contribution in [0.4, 0.5) is 5.69 Å². The molecule has 1 amide bonds. The predicted molar refractivity (Wildman–Crippen MR) is 128 cm³/mol. The van der Waals surface area contributed by atoms with Crippen LogP contribution in [0.3, 0.4) is 0 Å². The van der Waals surface area contributed by atoms with Gasteiger partial charge in [0, 0.05) is 22.2 Å². The number of carboxylic acids is 1. The number of aromatic amines is 1. The van der Waals surface area contributed by atoms with Crippen LogP contribution < -0.4 is 10.1 Å². The van der Waals surface area contributed by atoms with Gasteiger partial charge in [0.2, 0.25) is 0 Å². The maximum absolute atomic E-state index is 12.5. The number of carboxylic acid groups (broad SMARTS) is 1. The van der Waals surface area contributed by atoms with Crippen molar-refractivity contribution < 1.29 is 19.4 Å².